The van der Waals surface area contributed by atoms with Crippen LogP contribution in [0.25, 0.3) is 0 Å². The molecule has 1 aromatic carbocycles. The van der Waals surface area contributed by atoms with Crippen molar-refractivity contribution in [2.45, 2.75) is 6.10 Å². The maximum atomic E-state index is 12.0. The minimum atomic E-state index is -0.773. The number of benzene rings is 1. The van der Waals surface area contributed by atoms with E-state index in [9.17, 15) is 9.90 Å². The first-order valence-corrected chi connectivity index (χ1v) is 6.77. The zero-order chi connectivity index (χ0) is 14.7. The Morgan fingerprint density at radius 3 is 2.75 bits per heavy atom. The standard InChI is InChI=1S/C14H14Cl2N2O2/c1-18-6-2-3-12(18)13(19)8-17-14(20)10-5-4-9(15)7-11(10)16/h2-7,13,19H,8H2,1H3,(H,17,20). The first-order chi connectivity index (χ1) is 9.49. The molecule has 20 heavy (non-hydrogen) atoms. The van der Waals surface area contributed by atoms with Gasteiger partial charge >= 0.3 is 0 Å². The normalized spacial score (nSPS) is 12.2. The lowest BCUT2D eigenvalue weighted by atomic mass is 10.2. The lowest BCUT2D eigenvalue weighted by Crippen LogP contribution is -2.29. The lowest BCUT2D eigenvalue weighted by molar-refractivity contribution is 0.0912. The Bertz CT molecular complexity index is 625. The van der Waals surface area contributed by atoms with Gasteiger partial charge in [-0.25, -0.2) is 0 Å². The van der Waals surface area contributed by atoms with Crippen LogP contribution in [0.4, 0.5) is 0 Å². The highest BCUT2D eigenvalue weighted by molar-refractivity contribution is 6.36. The number of hydrogen-bond donors (Lipinski definition) is 2. The molecule has 2 rings (SSSR count). The lowest BCUT2D eigenvalue weighted by Gasteiger charge is -2.13. The van der Waals surface area contributed by atoms with Crippen molar-refractivity contribution in [3.8, 4) is 0 Å². The molecule has 0 spiro atoms. The van der Waals surface area contributed by atoms with E-state index >= 15 is 0 Å². The van der Waals surface area contributed by atoms with Gasteiger partial charge in [0.05, 0.1) is 10.6 Å². The molecule has 1 heterocycles. The molecule has 1 unspecified atom stereocenters. The van der Waals surface area contributed by atoms with Crippen LogP contribution in [0.15, 0.2) is 36.5 Å². The van der Waals surface area contributed by atoms with E-state index in [1.165, 1.54) is 6.07 Å². The van der Waals surface area contributed by atoms with Crippen molar-refractivity contribution < 1.29 is 9.90 Å². The average Bonchev–Trinajstić information content (AvgIpc) is 2.82. The number of carbonyl (C=O) groups is 1. The summed E-state index contributed by atoms with van der Waals surface area (Å²) in [5.41, 5.74) is 1.06. The maximum Gasteiger partial charge on any atom is 0.252 e. The highest BCUT2D eigenvalue weighted by atomic mass is 35.5. The summed E-state index contributed by atoms with van der Waals surface area (Å²) in [6, 6.07) is 8.28. The number of aliphatic hydroxyl groups excluding tert-OH is 1. The van der Waals surface area contributed by atoms with Gasteiger partial charge in [-0.2, -0.15) is 0 Å². The second kappa shape index (κ2) is 6.31. The van der Waals surface area contributed by atoms with Gasteiger partial charge in [0, 0.05) is 30.5 Å². The van der Waals surface area contributed by atoms with Crippen LogP contribution >= 0.6 is 23.2 Å². The Hall–Kier alpha value is -1.49. The van der Waals surface area contributed by atoms with E-state index in [4.69, 9.17) is 23.2 Å². The van der Waals surface area contributed by atoms with Gasteiger partial charge in [-0.05, 0) is 30.3 Å². The number of halogens is 2. The number of nitrogens with zero attached hydrogens (tertiary/aromatic N) is 1. The molecule has 1 amide bonds. The molecule has 2 aromatic rings. The SMILES string of the molecule is Cn1cccc1C(O)CNC(=O)c1ccc(Cl)cc1Cl. The third-order valence-electron chi connectivity index (χ3n) is 2.96. The second-order valence-electron chi connectivity index (χ2n) is 4.39. The van der Waals surface area contributed by atoms with Gasteiger partial charge in [-0.1, -0.05) is 23.2 Å². The number of aryl methyl sites for hydroxylation is 1. The largest absolute Gasteiger partial charge is 0.385 e. The molecule has 0 aliphatic heterocycles. The Morgan fingerprint density at radius 2 is 2.15 bits per heavy atom. The summed E-state index contributed by atoms with van der Waals surface area (Å²) in [6.45, 7) is 0.107. The van der Waals surface area contributed by atoms with Crippen LogP contribution in [0.5, 0.6) is 0 Å². The molecular formula is C14H14Cl2N2O2. The van der Waals surface area contributed by atoms with Crippen LogP contribution in [-0.4, -0.2) is 22.1 Å². The fourth-order valence-corrected chi connectivity index (χ4v) is 2.38. The molecule has 1 atom stereocenters. The van der Waals surface area contributed by atoms with E-state index < -0.39 is 6.10 Å². The minimum absolute atomic E-state index is 0.107. The summed E-state index contributed by atoms with van der Waals surface area (Å²) in [6.07, 6.45) is 1.06. The zero-order valence-electron chi connectivity index (χ0n) is 10.8. The molecule has 0 radical (unpaired) electrons. The fourth-order valence-electron chi connectivity index (χ4n) is 1.88. The summed E-state index contributed by atoms with van der Waals surface area (Å²) in [4.78, 5) is 12.0. The topological polar surface area (TPSA) is 54.3 Å². The summed E-state index contributed by atoms with van der Waals surface area (Å²) in [5.74, 6) is -0.347. The number of aromatic nitrogens is 1. The van der Waals surface area contributed by atoms with Gasteiger partial charge in [0.1, 0.15) is 6.10 Å². The van der Waals surface area contributed by atoms with Gasteiger partial charge < -0.3 is 15.0 Å². The summed E-state index contributed by atoms with van der Waals surface area (Å²) < 4.78 is 1.80. The van der Waals surface area contributed by atoms with E-state index in [1.807, 2.05) is 19.3 Å². The van der Waals surface area contributed by atoms with E-state index in [-0.39, 0.29) is 17.5 Å². The smallest absolute Gasteiger partial charge is 0.252 e. The van der Waals surface area contributed by atoms with E-state index in [2.05, 4.69) is 5.32 Å². The molecular weight excluding hydrogens is 299 g/mol. The Labute approximate surface area is 126 Å². The highest BCUT2D eigenvalue weighted by Gasteiger charge is 2.14. The first kappa shape index (κ1) is 14.9. The third-order valence-corrected chi connectivity index (χ3v) is 3.50. The van der Waals surface area contributed by atoms with Gasteiger partial charge in [0.15, 0.2) is 0 Å². The second-order valence-corrected chi connectivity index (χ2v) is 5.24. The minimum Gasteiger partial charge on any atom is -0.385 e. The molecule has 0 bridgehead atoms. The zero-order valence-corrected chi connectivity index (χ0v) is 12.3. The van der Waals surface area contributed by atoms with Crippen LogP contribution in [-0.2, 0) is 7.05 Å². The first-order valence-electron chi connectivity index (χ1n) is 6.01. The van der Waals surface area contributed by atoms with Crippen LogP contribution < -0.4 is 5.32 Å². The predicted octanol–water partition coefficient (Wildman–Crippen LogP) is 2.80. The molecule has 1 aromatic heterocycles. The summed E-state index contributed by atoms with van der Waals surface area (Å²) in [7, 11) is 1.83. The van der Waals surface area contributed by atoms with Gasteiger partial charge in [-0.15, -0.1) is 0 Å². The van der Waals surface area contributed by atoms with Crippen molar-refractivity contribution in [1.29, 1.82) is 0 Å². The van der Waals surface area contributed by atoms with E-state index in [0.29, 0.717) is 10.6 Å². The molecule has 0 aliphatic carbocycles. The van der Waals surface area contributed by atoms with Gasteiger partial charge in [0.25, 0.3) is 5.91 Å². The van der Waals surface area contributed by atoms with E-state index in [1.54, 1.807) is 22.8 Å². The summed E-state index contributed by atoms with van der Waals surface area (Å²) in [5, 5.41) is 13.4. The molecule has 4 nitrogen and oxygen atoms in total. The Kier molecular flexibility index (Phi) is 4.70. The maximum absolute atomic E-state index is 12.0. The number of hydrogen-bond acceptors (Lipinski definition) is 2. The monoisotopic (exact) mass is 312 g/mol. The third kappa shape index (κ3) is 3.33. The quantitative estimate of drug-likeness (QED) is 0.912. The fraction of sp³-hybridized carbons (Fsp3) is 0.214. The van der Waals surface area contributed by atoms with Crippen LogP contribution in [0, 0.1) is 0 Å². The van der Waals surface area contributed by atoms with Crippen molar-refractivity contribution in [2.24, 2.45) is 7.05 Å². The number of carbonyl (C=O) groups excluding carboxylic acids is 1. The van der Waals surface area contributed by atoms with Crippen LogP contribution in [0.2, 0.25) is 10.0 Å². The van der Waals surface area contributed by atoms with Crippen molar-refractivity contribution in [2.75, 3.05) is 6.54 Å². The van der Waals surface area contributed by atoms with Gasteiger partial charge in [-0.3, -0.25) is 4.79 Å². The molecule has 6 heteroatoms. The molecule has 0 aliphatic rings. The predicted molar refractivity (Wildman–Crippen MR) is 79.2 cm³/mol. The molecule has 0 saturated carbocycles. The molecule has 0 fully saturated rings. The van der Waals surface area contributed by atoms with Crippen LogP contribution in [0.3, 0.4) is 0 Å². The average molecular weight is 313 g/mol. The Balaban J connectivity index is 2.00. The Morgan fingerprint density at radius 1 is 1.40 bits per heavy atom. The summed E-state index contributed by atoms with van der Waals surface area (Å²) >= 11 is 11.7. The molecule has 2 N–H and O–H groups in total. The van der Waals surface area contributed by atoms with E-state index in [0.717, 1.165) is 5.69 Å². The number of amides is 1. The number of rotatable bonds is 4. The number of aliphatic hydroxyl groups is 1. The van der Waals surface area contributed by atoms with Crippen molar-refractivity contribution in [1.82, 2.24) is 9.88 Å². The van der Waals surface area contributed by atoms with Crippen molar-refractivity contribution in [3.63, 3.8) is 0 Å². The number of nitrogens with one attached hydrogen (secondary N) is 1. The van der Waals surface area contributed by atoms with Crippen molar-refractivity contribution >= 4 is 29.1 Å². The van der Waals surface area contributed by atoms with Gasteiger partial charge in [0.2, 0.25) is 0 Å². The highest BCUT2D eigenvalue weighted by Crippen LogP contribution is 2.21. The van der Waals surface area contributed by atoms with Crippen molar-refractivity contribution in [3.05, 3.63) is 57.8 Å². The molecule has 106 valence electrons. The van der Waals surface area contributed by atoms with Crippen LogP contribution in [0.1, 0.15) is 22.2 Å². The molecule has 0 saturated heterocycles.